The maximum Gasteiger partial charge on any atom is 0.0555 e. The lowest BCUT2D eigenvalue weighted by Gasteiger charge is -2.19. The largest absolute Gasteiger partial charge is 0.395 e. The number of likely N-dealkylation sites (N-methyl/N-ethyl adjacent to an activating group) is 1. The van der Waals surface area contributed by atoms with Crippen molar-refractivity contribution in [2.45, 2.75) is 248 Å². The molecule has 0 aliphatic heterocycles. The van der Waals surface area contributed by atoms with E-state index < -0.39 is 0 Å². The van der Waals surface area contributed by atoms with Gasteiger partial charge in [-0.1, -0.05) is 228 Å². The van der Waals surface area contributed by atoms with E-state index in [2.05, 4.69) is 75.5 Å². The van der Waals surface area contributed by atoms with Gasteiger partial charge in [-0.3, -0.25) is 0 Å². The lowest BCUT2D eigenvalue weighted by molar-refractivity contribution is 0.296. The van der Waals surface area contributed by atoms with Crippen LogP contribution in [-0.4, -0.2) is 117 Å². The number of nitrogens with two attached hydrogens (primary N) is 2. The highest BCUT2D eigenvalue weighted by Gasteiger charge is 2.08. The summed E-state index contributed by atoms with van der Waals surface area (Å²) in [5.41, 5.74) is 9.28. The van der Waals surface area contributed by atoms with Crippen molar-refractivity contribution in [3.8, 4) is 0 Å². The van der Waals surface area contributed by atoms with Gasteiger partial charge < -0.3 is 47.8 Å². The first-order chi connectivity index (χ1) is 31.1. The van der Waals surface area contributed by atoms with Gasteiger partial charge in [0.1, 0.15) is 0 Å². The van der Waals surface area contributed by atoms with Crippen LogP contribution in [0.1, 0.15) is 248 Å². The molecule has 9 heteroatoms. The smallest absolute Gasteiger partial charge is 0.0555 e. The van der Waals surface area contributed by atoms with E-state index in [1.165, 1.54) is 226 Å². The molecule has 0 fully saturated rings. The predicted octanol–water partition coefficient (Wildman–Crippen LogP) is 13.0. The molecule has 10 N–H and O–H groups in total. The van der Waals surface area contributed by atoms with E-state index in [4.69, 9.17) is 15.9 Å². The Morgan fingerprint density at radius 2 is 0.641 bits per heavy atom. The molecule has 0 aromatic rings. The maximum atomic E-state index is 8.00. The molecule has 64 heavy (non-hydrogen) atoms. The molecule has 0 aromatic carbocycles. The zero-order chi connectivity index (χ0) is 50.4. The number of hydrogen-bond donors (Lipinski definition) is 8. The van der Waals surface area contributed by atoms with Crippen molar-refractivity contribution < 1.29 is 10.2 Å². The van der Waals surface area contributed by atoms with Gasteiger partial charge in [0.15, 0.2) is 0 Å². The Hall–Kier alpha value is -0.360. The summed E-state index contributed by atoms with van der Waals surface area (Å²) < 4.78 is 0. The second-order valence-electron chi connectivity index (χ2n) is 17.8. The van der Waals surface area contributed by atoms with E-state index in [0.717, 1.165) is 11.8 Å². The van der Waals surface area contributed by atoms with Crippen LogP contribution in [0.2, 0.25) is 0 Å². The van der Waals surface area contributed by atoms with Gasteiger partial charge in [-0.2, -0.15) is 0 Å². The van der Waals surface area contributed by atoms with Crippen LogP contribution in [0.15, 0.2) is 0 Å². The minimum absolute atomic E-state index is 0.0972. The van der Waals surface area contributed by atoms with Crippen LogP contribution >= 0.6 is 0 Å². The zero-order valence-electron chi connectivity index (χ0n) is 47.5. The summed E-state index contributed by atoms with van der Waals surface area (Å²) in [5.74, 6) is 1.80. The summed E-state index contributed by atoms with van der Waals surface area (Å²) in [5, 5.41) is 28.2. The van der Waals surface area contributed by atoms with Crippen LogP contribution < -0.4 is 32.7 Å². The number of nitrogens with one attached hydrogen (secondary N) is 4. The molecule has 0 amide bonds. The summed E-state index contributed by atoms with van der Waals surface area (Å²) in [4.78, 5) is 2.00. The molecule has 0 saturated heterocycles. The highest BCUT2D eigenvalue weighted by molar-refractivity contribution is 4.65. The molecular formula is C55H133N7O2. The summed E-state index contributed by atoms with van der Waals surface area (Å²) in [6, 6.07) is 0. The number of hydrogen-bond acceptors (Lipinski definition) is 9. The van der Waals surface area contributed by atoms with Gasteiger partial charge in [-0.05, 0) is 107 Å². The maximum absolute atomic E-state index is 8.00. The van der Waals surface area contributed by atoms with Gasteiger partial charge in [-0.25, -0.2) is 0 Å². The van der Waals surface area contributed by atoms with Crippen LogP contribution in [-0.2, 0) is 0 Å². The molecule has 0 rings (SSSR count). The molecule has 0 radical (unpaired) electrons. The van der Waals surface area contributed by atoms with E-state index in [0.29, 0.717) is 13.1 Å². The van der Waals surface area contributed by atoms with Crippen molar-refractivity contribution in [3.63, 3.8) is 0 Å². The minimum Gasteiger partial charge on any atom is -0.395 e. The third-order valence-electron chi connectivity index (χ3n) is 10.4. The van der Waals surface area contributed by atoms with Crippen LogP contribution in [0.3, 0.4) is 0 Å². The van der Waals surface area contributed by atoms with Gasteiger partial charge in [0.05, 0.1) is 13.2 Å². The highest BCUT2D eigenvalue weighted by atomic mass is 16.3. The van der Waals surface area contributed by atoms with Crippen LogP contribution in [0.5, 0.6) is 0 Å². The van der Waals surface area contributed by atoms with Crippen molar-refractivity contribution in [1.82, 2.24) is 26.2 Å². The quantitative estimate of drug-likeness (QED) is 0.0284. The van der Waals surface area contributed by atoms with Crippen molar-refractivity contribution >= 4 is 0 Å². The third-order valence-corrected chi connectivity index (χ3v) is 10.4. The molecule has 0 aliphatic carbocycles. The lowest BCUT2D eigenvalue weighted by atomic mass is 9.97. The van der Waals surface area contributed by atoms with Crippen LogP contribution in [0.4, 0.5) is 0 Å². The Balaban J connectivity index is -0.000000103. The normalized spacial score (nSPS) is 10.9. The standard InChI is InChI=1S/C16H35N.C14H31N.C14H30.C3H9NO.C3H9N.C2H7NO.C2H7N.CH5N/c1-5-9-11-15(7-3)13-17-14-16(8-4)12-10-6-2;1-3-4-5-6-7-8-9-10-11-12-13-14-15-2;1-3-5-7-9-11-13-14-12-10-8-6-4-2;1-4-2-3-5;1-4(2)3;3-1-2-4;1-3-2;1-2/h15-17H,5-14H2,1-4H3;15H,3-14H2,1-2H3;3-14H2,1-2H3;4-5H,2-3H2,1H3;1-3H3;4H,1-3H2;3H,1-2H3;2H2,1H3. The zero-order valence-corrected chi connectivity index (χ0v) is 47.5. The van der Waals surface area contributed by atoms with Crippen molar-refractivity contribution in [3.05, 3.63) is 0 Å². The number of aliphatic hydroxyl groups excluding tert-OH is 2. The predicted molar refractivity (Wildman–Crippen MR) is 298 cm³/mol. The molecule has 0 aromatic heterocycles. The average Bonchev–Trinajstić information content (AvgIpc) is 3.30. The topological polar surface area (TPSA) is 144 Å². The van der Waals surface area contributed by atoms with Gasteiger partial charge in [0.25, 0.3) is 0 Å². The number of unbranched alkanes of at least 4 members (excludes halogenated alkanes) is 23. The SMILES string of the molecule is CCCCC(CC)CNCC(CC)CCCC.CCCCCCCCCCCCCC.CCCCCCCCCCCCCNC.CN.CN(C)C.CNC.CNCCO.NCCO. The number of nitrogens with zero attached hydrogens (tertiary/aromatic N) is 1. The molecule has 2 unspecified atom stereocenters. The average molecular weight is 925 g/mol. The number of rotatable bonds is 38. The molecular weight excluding hydrogens is 791 g/mol. The minimum atomic E-state index is 0.0972. The van der Waals surface area contributed by atoms with Gasteiger partial charge in [0.2, 0.25) is 0 Å². The fraction of sp³-hybridized carbons (Fsp3) is 1.00. The summed E-state index contributed by atoms with van der Waals surface area (Å²) in [6.07, 6.45) is 44.2. The second kappa shape index (κ2) is 92.8. The summed E-state index contributed by atoms with van der Waals surface area (Å²) in [7, 11) is 15.1. The lowest BCUT2D eigenvalue weighted by Crippen LogP contribution is -2.28. The first kappa shape index (κ1) is 80.7. The molecule has 0 aliphatic rings. The highest BCUT2D eigenvalue weighted by Crippen LogP contribution is 2.15. The molecule has 0 bridgehead atoms. The molecule has 2 atom stereocenters. The van der Waals surface area contributed by atoms with Crippen molar-refractivity contribution in [2.75, 3.05) is 102 Å². The van der Waals surface area contributed by atoms with Crippen LogP contribution in [0.25, 0.3) is 0 Å². The van der Waals surface area contributed by atoms with E-state index in [1.54, 1.807) is 7.05 Å². The molecule has 9 nitrogen and oxygen atoms in total. The van der Waals surface area contributed by atoms with E-state index in [-0.39, 0.29) is 13.2 Å². The Morgan fingerprint density at radius 1 is 0.406 bits per heavy atom. The number of aliphatic hydroxyl groups is 2. The van der Waals surface area contributed by atoms with Crippen molar-refractivity contribution in [2.24, 2.45) is 23.3 Å². The first-order valence-corrected chi connectivity index (χ1v) is 27.8. The van der Waals surface area contributed by atoms with Gasteiger partial charge in [-0.15, -0.1) is 0 Å². The fourth-order valence-corrected chi connectivity index (χ4v) is 6.37. The Labute approximate surface area is 408 Å². The summed E-state index contributed by atoms with van der Waals surface area (Å²) >= 11 is 0. The fourth-order valence-electron chi connectivity index (χ4n) is 6.37. The van der Waals surface area contributed by atoms with E-state index in [9.17, 15) is 0 Å². The second-order valence-corrected chi connectivity index (χ2v) is 17.8. The first-order valence-electron chi connectivity index (χ1n) is 27.8. The van der Waals surface area contributed by atoms with E-state index in [1.807, 2.05) is 47.2 Å². The Bertz CT molecular complexity index is 574. The van der Waals surface area contributed by atoms with Gasteiger partial charge in [0, 0.05) is 13.1 Å². The molecule has 0 spiro atoms. The monoisotopic (exact) mass is 924 g/mol. The van der Waals surface area contributed by atoms with Crippen LogP contribution in [0, 0.1) is 11.8 Å². The Kier molecular flexibility index (Phi) is 117. The third kappa shape index (κ3) is 119. The molecule has 400 valence electrons. The molecule has 0 saturated carbocycles. The van der Waals surface area contributed by atoms with E-state index >= 15 is 0 Å². The summed E-state index contributed by atoms with van der Waals surface area (Å²) in [6.45, 7) is 21.2. The molecule has 0 heterocycles. The van der Waals surface area contributed by atoms with Gasteiger partial charge >= 0.3 is 0 Å². The Morgan fingerprint density at radius 3 is 0.812 bits per heavy atom. The van der Waals surface area contributed by atoms with Crippen molar-refractivity contribution in [1.29, 1.82) is 0 Å².